The Hall–Kier alpha value is -3.80. The molecule has 6 rings (SSSR count). The molecule has 1 saturated carbocycles. The summed E-state index contributed by atoms with van der Waals surface area (Å²) in [6, 6.07) is 7.66. The van der Waals surface area contributed by atoms with E-state index in [1.807, 2.05) is 0 Å². The number of fused-ring (bicyclic) bond motifs is 5. The molecule has 9 heteroatoms. The van der Waals surface area contributed by atoms with Crippen LogP contribution in [0.5, 0.6) is 0 Å². The number of likely N-dealkylation sites (tertiary alicyclic amines) is 1. The summed E-state index contributed by atoms with van der Waals surface area (Å²) in [5.74, 6) is -1.66. The minimum Gasteiger partial charge on any atom is -0.334 e. The Morgan fingerprint density at radius 2 is 1.91 bits per heavy atom. The van der Waals surface area contributed by atoms with Crippen molar-refractivity contribution in [3.63, 3.8) is 0 Å². The number of aromatic nitrogens is 4. The minimum absolute atomic E-state index is 0.0921. The molecule has 3 aromatic rings. The number of hydrogen-bond acceptors (Lipinski definition) is 6. The van der Waals surface area contributed by atoms with Crippen molar-refractivity contribution in [1.82, 2.24) is 25.1 Å². The number of nitrogens with zero attached hydrogens (tertiary/aromatic N) is 6. The number of hydrogen-bond donors (Lipinski definition) is 0. The third-order valence-electron chi connectivity index (χ3n) is 8.24. The van der Waals surface area contributed by atoms with Crippen molar-refractivity contribution in [2.24, 2.45) is 11.3 Å². The van der Waals surface area contributed by atoms with E-state index in [1.54, 1.807) is 17.2 Å². The standard InChI is InChI=1S/C26H22F2N6O/c1-25(2)16-6-7-26(25,21-11-30-10-20(31-21)24(35)34-12-14(9-29)13-34)23-15(16)8-19(32-33-23)22-17(27)4-3-5-18(22)28/h3-5,8,10-11,14,16H,6-7,12-13H2,1-2H3/t16?,26-/m0/s1. The number of nitriles is 1. The van der Waals surface area contributed by atoms with Crippen molar-refractivity contribution in [3.8, 4) is 17.3 Å². The van der Waals surface area contributed by atoms with Gasteiger partial charge in [0, 0.05) is 19.3 Å². The van der Waals surface area contributed by atoms with Gasteiger partial charge in [0.05, 0.1) is 46.2 Å². The van der Waals surface area contributed by atoms with Crippen LogP contribution in [0.1, 0.15) is 60.0 Å². The summed E-state index contributed by atoms with van der Waals surface area (Å²) in [6.45, 7) is 5.06. The maximum atomic E-state index is 14.5. The molecule has 2 fully saturated rings. The number of halogens is 2. The third kappa shape index (κ3) is 2.83. The molecule has 3 aliphatic rings. The summed E-state index contributed by atoms with van der Waals surface area (Å²) in [4.78, 5) is 23.6. The highest BCUT2D eigenvalue weighted by Crippen LogP contribution is 2.69. The van der Waals surface area contributed by atoms with Gasteiger partial charge in [0.2, 0.25) is 0 Å². The van der Waals surface area contributed by atoms with E-state index >= 15 is 0 Å². The van der Waals surface area contributed by atoms with E-state index in [0.29, 0.717) is 18.8 Å². The zero-order chi connectivity index (χ0) is 24.5. The Labute approximate surface area is 200 Å². The van der Waals surface area contributed by atoms with E-state index in [1.165, 1.54) is 24.4 Å². The van der Waals surface area contributed by atoms with Crippen LogP contribution in [0.2, 0.25) is 0 Å². The van der Waals surface area contributed by atoms with Gasteiger partial charge in [-0.1, -0.05) is 19.9 Å². The summed E-state index contributed by atoms with van der Waals surface area (Å²) in [6.07, 6.45) is 4.73. The molecule has 0 radical (unpaired) electrons. The summed E-state index contributed by atoms with van der Waals surface area (Å²) in [7, 11) is 0. The van der Waals surface area contributed by atoms with Gasteiger partial charge in [-0.25, -0.2) is 13.8 Å². The van der Waals surface area contributed by atoms with Crippen LogP contribution in [0.15, 0.2) is 36.7 Å². The van der Waals surface area contributed by atoms with Gasteiger partial charge in [0.25, 0.3) is 5.91 Å². The largest absolute Gasteiger partial charge is 0.334 e. The predicted molar refractivity (Wildman–Crippen MR) is 121 cm³/mol. The SMILES string of the molecule is CC1(C)C2CC[C@]1(c1cncc(C(=O)N3CC(C#N)C3)n1)c1nnc(-c3c(F)cccc3F)cc12. The first-order chi connectivity index (χ1) is 16.8. The fourth-order valence-electron chi connectivity index (χ4n) is 6.32. The molecule has 7 nitrogen and oxygen atoms in total. The molecular weight excluding hydrogens is 450 g/mol. The second-order valence-corrected chi connectivity index (χ2v) is 10.2. The Kier molecular flexibility index (Phi) is 4.56. The molecule has 1 amide bonds. The zero-order valence-electron chi connectivity index (χ0n) is 19.3. The summed E-state index contributed by atoms with van der Waals surface area (Å²) in [5, 5.41) is 17.8. The van der Waals surface area contributed by atoms with Gasteiger partial charge in [-0.2, -0.15) is 10.4 Å². The van der Waals surface area contributed by atoms with Crippen molar-refractivity contribution in [3.05, 3.63) is 70.9 Å². The Morgan fingerprint density at radius 1 is 1.17 bits per heavy atom. The fraction of sp³-hybridized carbons (Fsp3) is 0.385. The zero-order valence-corrected chi connectivity index (χ0v) is 19.3. The topological polar surface area (TPSA) is 95.7 Å². The van der Waals surface area contributed by atoms with Crippen molar-refractivity contribution >= 4 is 5.91 Å². The van der Waals surface area contributed by atoms with Crippen LogP contribution in [-0.4, -0.2) is 44.1 Å². The average Bonchev–Trinajstić information content (AvgIpc) is 3.19. The van der Waals surface area contributed by atoms with Crippen molar-refractivity contribution in [2.75, 3.05) is 13.1 Å². The first-order valence-corrected chi connectivity index (χ1v) is 11.6. The molecule has 2 aliphatic carbocycles. The first-order valence-electron chi connectivity index (χ1n) is 11.6. The first kappa shape index (κ1) is 21.7. The highest BCUT2D eigenvalue weighted by atomic mass is 19.1. The highest BCUT2D eigenvalue weighted by molar-refractivity contribution is 5.92. The Balaban J connectivity index is 1.44. The van der Waals surface area contributed by atoms with E-state index in [-0.39, 0.29) is 40.1 Å². The van der Waals surface area contributed by atoms with Gasteiger partial charge in [0.15, 0.2) is 0 Å². The third-order valence-corrected chi connectivity index (χ3v) is 8.24. The second-order valence-electron chi connectivity index (χ2n) is 10.2. The van der Waals surface area contributed by atoms with Gasteiger partial charge < -0.3 is 4.90 Å². The molecule has 1 aromatic carbocycles. The van der Waals surface area contributed by atoms with Crippen LogP contribution >= 0.6 is 0 Å². The monoisotopic (exact) mass is 472 g/mol. The lowest BCUT2D eigenvalue weighted by Gasteiger charge is -2.38. The van der Waals surface area contributed by atoms with E-state index in [2.05, 4.69) is 35.1 Å². The smallest absolute Gasteiger partial charge is 0.274 e. The van der Waals surface area contributed by atoms with Crippen molar-refractivity contribution in [2.45, 2.75) is 38.0 Å². The van der Waals surface area contributed by atoms with E-state index in [4.69, 9.17) is 10.2 Å². The van der Waals surface area contributed by atoms with Crippen molar-refractivity contribution in [1.29, 1.82) is 5.26 Å². The summed E-state index contributed by atoms with van der Waals surface area (Å²) in [5.41, 5.74) is 1.55. The molecule has 0 N–H and O–H groups in total. The molecule has 35 heavy (non-hydrogen) atoms. The van der Waals surface area contributed by atoms with Crippen LogP contribution in [0.4, 0.5) is 8.78 Å². The van der Waals surface area contributed by atoms with Gasteiger partial charge in [-0.05, 0) is 47.9 Å². The van der Waals surface area contributed by atoms with Crippen LogP contribution in [0.3, 0.4) is 0 Å². The number of amides is 1. The molecule has 1 aliphatic heterocycles. The predicted octanol–water partition coefficient (Wildman–Crippen LogP) is 4.01. The molecule has 1 unspecified atom stereocenters. The van der Waals surface area contributed by atoms with Gasteiger partial charge in [0.1, 0.15) is 17.3 Å². The summed E-state index contributed by atoms with van der Waals surface area (Å²) < 4.78 is 28.9. The number of carbonyl (C=O) groups is 1. The normalized spacial score (nSPS) is 24.1. The van der Waals surface area contributed by atoms with E-state index in [9.17, 15) is 13.6 Å². The van der Waals surface area contributed by atoms with Crippen LogP contribution in [0.25, 0.3) is 11.3 Å². The maximum absolute atomic E-state index is 14.5. The Morgan fingerprint density at radius 3 is 2.63 bits per heavy atom. The lowest BCUT2D eigenvalue weighted by molar-refractivity contribution is 0.0569. The lowest BCUT2D eigenvalue weighted by Crippen LogP contribution is -2.49. The van der Waals surface area contributed by atoms with Crippen LogP contribution in [0, 0.1) is 34.3 Å². The number of benzene rings is 1. The average molecular weight is 472 g/mol. The number of rotatable bonds is 3. The van der Waals surface area contributed by atoms with Gasteiger partial charge >= 0.3 is 0 Å². The maximum Gasteiger partial charge on any atom is 0.274 e. The molecule has 2 bridgehead atoms. The summed E-state index contributed by atoms with van der Waals surface area (Å²) >= 11 is 0. The highest BCUT2D eigenvalue weighted by Gasteiger charge is 2.65. The Bertz CT molecular complexity index is 1410. The quantitative estimate of drug-likeness (QED) is 0.572. The van der Waals surface area contributed by atoms with Crippen LogP contribution < -0.4 is 0 Å². The van der Waals surface area contributed by atoms with Crippen molar-refractivity contribution < 1.29 is 13.6 Å². The molecule has 3 heterocycles. The second kappa shape index (κ2) is 7.35. The molecule has 176 valence electrons. The van der Waals surface area contributed by atoms with E-state index in [0.717, 1.165) is 24.1 Å². The molecule has 1 saturated heterocycles. The van der Waals surface area contributed by atoms with Gasteiger partial charge in [-0.3, -0.25) is 9.78 Å². The van der Waals surface area contributed by atoms with Gasteiger partial charge in [-0.15, -0.1) is 5.10 Å². The molecule has 0 spiro atoms. The van der Waals surface area contributed by atoms with Crippen LogP contribution in [-0.2, 0) is 5.41 Å². The number of carbonyl (C=O) groups excluding carboxylic acids is 1. The lowest BCUT2D eigenvalue weighted by atomic mass is 9.66. The fourth-order valence-corrected chi connectivity index (χ4v) is 6.32. The molecule has 2 aromatic heterocycles. The minimum atomic E-state index is -0.682. The van der Waals surface area contributed by atoms with E-state index < -0.39 is 17.0 Å². The molecular formula is C26H22F2N6O. The molecule has 2 atom stereocenters.